The van der Waals surface area contributed by atoms with Crippen LogP contribution < -0.4 is 5.32 Å². The molecule has 0 aromatic heterocycles. The van der Waals surface area contributed by atoms with Crippen LogP contribution in [-0.4, -0.2) is 18.4 Å². The van der Waals surface area contributed by atoms with Gasteiger partial charge in [-0.25, -0.2) is 0 Å². The molecule has 2 nitrogen and oxygen atoms in total. The standard InChI is InChI=1S/C13H16N2/c1-9-3-11-5-13(7-14-8-15-13)6-12(11)4-10(9)2/h3-4,8H,5-7H2,1-2H3,(H,14,15). The fourth-order valence-corrected chi connectivity index (χ4v) is 2.72. The molecular formula is C13H16N2. The number of nitrogens with zero attached hydrogens (tertiary/aromatic N) is 1. The molecule has 1 spiro atoms. The van der Waals surface area contributed by atoms with Crippen LogP contribution >= 0.6 is 0 Å². The predicted octanol–water partition coefficient (Wildman–Crippen LogP) is 1.77. The monoisotopic (exact) mass is 200 g/mol. The lowest BCUT2D eigenvalue weighted by molar-refractivity contribution is 0.439. The Morgan fingerprint density at radius 3 is 2.20 bits per heavy atom. The second kappa shape index (κ2) is 2.84. The van der Waals surface area contributed by atoms with Gasteiger partial charge in [0.05, 0.1) is 18.4 Å². The summed E-state index contributed by atoms with van der Waals surface area (Å²) in [6, 6.07) is 4.69. The van der Waals surface area contributed by atoms with Crippen LogP contribution in [0, 0.1) is 13.8 Å². The molecule has 1 aliphatic heterocycles. The van der Waals surface area contributed by atoms with E-state index in [1.807, 2.05) is 6.34 Å². The van der Waals surface area contributed by atoms with Gasteiger partial charge in [0.25, 0.3) is 0 Å². The normalized spacial score (nSPS) is 20.7. The maximum atomic E-state index is 4.31. The van der Waals surface area contributed by atoms with Crippen LogP contribution in [0.4, 0.5) is 0 Å². The quantitative estimate of drug-likeness (QED) is 0.678. The molecule has 3 rings (SSSR count). The first kappa shape index (κ1) is 8.96. The molecule has 2 aliphatic rings. The molecule has 0 fully saturated rings. The second-order valence-electron chi connectivity index (χ2n) is 4.95. The minimum atomic E-state index is 0.211. The van der Waals surface area contributed by atoms with Gasteiger partial charge in [-0.2, -0.15) is 0 Å². The van der Waals surface area contributed by atoms with Crippen molar-refractivity contribution in [3.8, 4) is 0 Å². The van der Waals surface area contributed by atoms with Crippen molar-refractivity contribution in [1.29, 1.82) is 0 Å². The zero-order valence-electron chi connectivity index (χ0n) is 9.30. The maximum Gasteiger partial charge on any atom is 0.0830 e. The summed E-state index contributed by atoms with van der Waals surface area (Å²) in [6.07, 6.45) is 4.12. The summed E-state index contributed by atoms with van der Waals surface area (Å²) < 4.78 is 0. The Bertz CT molecular complexity index is 405. The SMILES string of the molecule is Cc1cc2c(cc1C)CC1(CN=CN1)C2. The molecule has 0 bridgehead atoms. The summed E-state index contributed by atoms with van der Waals surface area (Å²) in [7, 11) is 0. The number of fused-ring (bicyclic) bond motifs is 1. The Kier molecular flexibility index (Phi) is 1.70. The molecule has 2 heteroatoms. The van der Waals surface area contributed by atoms with E-state index in [4.69, 9.17) is 0 Å². The smallest absolute Gasteiger partial charge is 0.0830 e. The van der Waals surface area contributed by atoms with E-state index in [0.29, 0.717) is 0 Å². The third-order valence-electron chi connectivity index (χ3n) is 3.73. The minimum Gasteiger partial charge on any atom is -0.368 e. The van der Waals surface area contributed by atoms with Crippen LogP contribution in [-0.2, 0) is 12.8 Å². The highest BCUT2D eigenvalue weighted by atomic mass is 15.1. The van der Waals surface area contributed by atoms with Crippen molar-refractivity contribution >= 4 is 6.34 Å². The van der Waals surface area contributed by atoms with Crippen molar-refractivity contribution in [3.05, 3.63) is 34.4 Å². The van der Waals surface area contributed by atoms with Crippen molar-refractivity contribution in [3.63, 3.8) is 0 Å². The van der Waals surface area contributed by atoms with Crippen LogP contribution in [0.3, 0.4) is 0 Å². The molecule has 0 radical (unpaired) electrons. The highest BCUT2D eigenvalue weighted by molar-refractivity contribution is 5.61. The first-order valence-corrected chi connectivity index (χ1v) is 5.54. The van der Waals surface area contributed by atoms with Crippen molar-refractivity contribution in [2.45, 2.75) is 32.2 Å². The highest BCUT2D eigenvalue weighted by Crippen LogP contribution is 2.33. The Balaban J connectivity index is 2.00. The molecule has 0 saturated heterocycles. The molecule has 1 aliphatic carbocycles. The lowest BCUT2D eigenvalue weighted by Gasteiger charge is -2.21. The van der Waals surface area contributed by atoms with E-state index < -0.39 is 0 Å². The van der Waals surface area contributed by atoms with Gasteiger partial charge in [-0.1, -0.05) is 12.1 Å². The van der Waals surface area contributed by atoms with Crippen molar-refractivity contribution in [2.24, 2.45) is 4.99 Å². The summed E-state index contributed by atoms with van der Waals surface area (Å²) in [4.78, 5) is 4.31. The van der Waals surface area contributed by atoms with Gasteiger partial charge in [0.2, 0.25) is 0 Å². The number of benzene rings is 1. The van der Waals surface area contributed by atoms with Gasteiger partial charge >= 0.3 is 0 Å². The number of aliphatic imine (C=N–C) groups is 1. The fraction of sp³-hybridized carbons (Fsp3) is 0.462. The summed E-state index contributed by atoms with van der Waals surface area (Å²) in [6.45, 7) is 5.32. The molecule has 1 heterocycles. The first-order chi connectivity index (χ1) is 7.19. The molecule has 1 aromatic carbocycles. The summed E-state index contributed by atoms with van der Waals surface area (Å²) in [5.74, 6) is 0. The van der Waals surface area contributed by atoms with Crippen LogP contribution in [0.25, 0.3) is 0 Å². The number of aryl methyl sites for hydroxylation is 2. The zero-order chi connectivity index (χ0) is 10.5. The van der Waals surface area contributed by atoms with Gasteiger partial charge in [0.15, 0.2) is 0 Å². The third kappa shape index (κ3) is 1.28. The van der Waals surface area contributed by atoms with Crippen LogP contribution in [0.2, 0.25) is 0 Å². The van der Waals surface area contributed by atoms with Crippen LogP contribution in [0.15, 0.2) is 17.1 Å². The molecule has 78 valence electrons. The van der Waals surface area contributed by atoms with E-state index in [0.717, 1.165) is 19.4 Å². The minimum absolute atomic E-state index is 0.211. The van der Waals surface area contributed by atoms with E-state index in [1.54, 1.807) is 0 Å². The average Bonchev–Trinajstić information content (AvgIpc) is 2.75. The summed E-state index contributed by atoms with van der Waals surface area (Å²) in [5, 5.41) is 3.43. The van der Waals surface area contributed by atoms with Gasteiger partial charge < -0.3 is 5.32 Å². The molecule has 1 aromatic rings. The zero-order valence-corrected chi connectivity index (χ0v) is 9.30. The number of nitrogens with one attached hydrogen (secondary N) is 1. The molecule has 0 amide bonds. The predicted molar refractivity (Wildman–Crippen MR) is 62.5 cm³/mol. The molecule has 15 heavy (non-hydrogen) atoms. The van der Waals surface area contributed by atoms with Crippen LogP contribution in [0.1, 0.15) is 22.3 Å². The van der Waals surface area contributed by atoms with E-state index in [1.165, 1.54) is 22.3 Å². The molecule has 0 saturated carbocycles. The van der Waals surface area contributed by atoms with Crippen molar-refractivity contribution in [1.82, 2.24) is 5.32 Å². The Labute approximate surface area is 90.4 Å². The third-order valence-corrected chi connectivity index (χ3v) is 3.73. The van der Waals surface area contributed by atoms with E-state index in [9.17, 15) is 0 Å². The van der Waals surface area contributed by atoms with Gasteiger partial charge in [-0.3, -0.25) is 4.99 Å². The van der Waals surface area contributed by atoms with Gasteiger partial charge in [-0.05, 0) is 48.9 Å². The van der Waals surface area contributed by atoms with Crippen molar-refractivity contribution in [2.75, 3.05) is 6.54 Å². The fourth-order valence-electron chi connectivity index (χ4n) is 2.72. The Morgan fingerprint density at radius 1 is 1.13 bits per heavy atom. The lowest BCUT2D eigenvalue weighted by Crippen LogP contribution is -2.43. The summed E-state index contributed by atoms with van der Waals surface area (Å²) >= 11 is 0. The average molecular weight is 200 g/mol. The van der Waals surface area contributed by atoms with Gasteiger partial charge in [-0.15, -0.1) is 0 Å². The first-order valence-electron chi connectivity index (χ1n) is 5.54. The van der Waals surface area contributed by atoms with Gasteiger partial charge in [0, 0.05) is 0 Å². The molecule has 0 atom stereocenters. The maximum absolute atomic E-state index is 4.31. The van der Waals surface area contributed by atoms with Gasteiger partial charge in [0.1, 0.15) is 0 Å². The van der Waals surface area contributed by atoms with Crippen LogP contribution in [0.5, 0.6) is 0 Å². The highest BCUT2D eigenvalue weighted by Gasteiger charge is 2.38. The number of hydrogen-bond acceptors (Lipinski definition) is 2. The molecule has 0 unspecified atom stereocenters. The molecular weight excluding hydrogens is 184 g/mol. The Hall–Kier alpha value is -1.31. The van der Waals surface area contributed by atoms with E-state index in [2.05, 4.69) is 36.3 Å². The largest absolute Gasteiger partial charge is 0.368 e. The lowest BCUT2D eigenvalue weighted by atomic mass is 9.97. The Morgan fingerprint density at radius 2 is 1.73 bits per heavy atom. The topological polar surface area (TPSA) is 24.4 Å². The summed E-state index contributed by atoms with van der Waals surface area (Å²) in [5.41, 5.74) is 6.05. The van der Waals surface area contributed by atoms with Crippen molar-refractivity contribution < 1.29 is 0 Å². The van der Waals surface area contributed by atoms with E-state index >= 15 is 0 Å². The number of hydrogen-bond donors (Lipinski definition) is 1. The number of rotatable bonds is 0. The van der Waals surface area contributed by atoms with E-state index in [-0.39, 0.29) is 5.54 Å². The second-order valence-corrected chi connectivity index (χ2v) is 4.95. The molecule has 1 N–H and O–H groups in total.